The van der Waals surface area contributed by atoms with Crippen LogP contribution in [0.5, 0.6) is 0 Å². The zero-order valence-electron chi connectivity index (χ0n) is 16.0. The van der Waals surface area contributed by atoms with Gasteiger partial charge in [0.1, 0.15) is 0 Å². The van der Waals surface area contributed by atoms with E-state index in [1.54, 1.807) is 25.1 Å². The Morgan fingerprint density at radius 3 is 2.48 bits per heavy atom. The van der Waals surface area contributed by atoms with Gasteiger partial charge in [0.2, 0.25) is 0 Å². The van der Waals surface area contributed by atoms with Crippen molar-refractivity contribution in [1.82, 2.24) is 9.80 Å². The molecule has 6 heteroatoms. The van der Waals surface area contributed by atoms with E-state index in [-0.39, 0.29) is 23.9 Å². The Morgan fingerprint density at radius 2 is 1.81 bits per heavy atom. The first kappa shape index (κ1) is 18.9. The lowest BCUT2D eigenvalue weighted by molar-refractivity contribution is 0.0790. The molecule has 0 spiro atoms. The highest BCUT2D eigenvalue weighted by Crippen LogP contribution is 2.29. The number of benzene rings is 2. The van der Waals surface area contributed by atoms with E-state index in [9.17, 15) is 9.59 Å². The standard InChI is InChI=1S/C21H26N4O2/c1-14-9-10-19(23-21(27)24(2)3)16(11-14)20(26)25-12-17(18(22)13-25)15-7-5-4-6-8-15/h4-11,17-18H,12-13,22H2,1-3H3,(H,23,27)/t17-,18+/m0/s1. The maximum atomic E-state index is 13.2. The van der Waals surface area contributed by atoms with E-state index >= 15 is 0 Å². The van der Waals surface area contributed by atoms with Crippen molar-refractivity contribution in [2.24, 2.45) is 5.73 Å². The van der Waals surface area contributed by atoms with Gasteiger partial charge in [-0.15, -0.1) is 0 Å². The normalized spacial score (nSPS) is 19.0. The quantitative estimate of drug-likeness (QED) is 0.876. The molecule has 2 atom stereocenters. The summed E-state index contributed by atoms with van der Waals surface area (Å²) in [7, 11) is 3.32. The number of amides is 3. The van der Waals surface area contributed by atoms with Crippen molar-refractivity contribution >= 4 is 17.6 Å². The third-order valence-corrected chi connectivity index (χ3v) is 4.93. The van der Waals surface area contributed by atoms with E-state index in [0.717, 1.165) is 11.1 Å². The maximum Gasteiger partial charge on any atom is 0.321 e. The fraction of sp³-hybridized carbons (Fsp3) is 0.333. The summed E-state index contributed by atoms with van der Waals surface area (Å²) in [4.78, 5) is 28.5. The molecule has 27 heavy (non-hydrogen) atoms. The lowest BCUT2D eigenvalue weighted by Gasteiger charge is -2.20. The van der Waals surface area contributed by atoms with Crippen LogP contribution in [0.4, 0.5) is 10.5 Å². The zero-order valence-corrected chi connectivity index (χ0v) is 16.0. The van der Waals surface area contributed by atoms with Crippen LogP contribution in [-0.2, 0) is 0 Å². The summed E-state index contributed by atoms with van der Waals surface area (Å²) in [6.07, 6.45) is 0. The highest BCUT2D eigenvalue weighted by Gasteiger charge is 2.35. The van der Waals surface area contributed by atoms with Crippen LogP contribution < -0.4 is 11.1 Å². The van der Waals surface area contributed by atoms with Gasteiger partial charge < -0.3 is 20.9 Å². The van der Waals surface area contributed by atoms with Crippen molar-refractivity contribution in [2.75, 3.05) is 32.5 Å². The van der Waals surface area contributed by atoms with Crippen LogP contribution in [0.25, 0.3) is 0 Å². The van der Waals surface area contributed by atoms with E-state index < -0.39 is 0 Å². The molecule has 6 nitrogen and oxygen atoms in total. The molecule has 2 aromatic carbocycles. The van der Waals surface area contributed by atoms with E-state index in [4.69, 9.17) is 5.73 Å². The van der Waals surface area contributed by atoms with Crippen molar-refractivity contribution in [3.8, 4) is 0 Å². The smallest absolute Gasteiger partial charge is 0.321 e. The average Bonchev–Trinajstić information content (AvgIpc) is 3.05. The lowest BCUT2D eigenvalue weighted by Crippen LogP contribution is -2.33. The second kappa shape index (κ2) is 7.80. The molecule has 3 N–H and O–H groups in total. The number of aryl methyl sites for hydroxylation is 1. The fourth-order valence-electron chi connectivity index (χ4n) is 3.39. The van der Waals surface area contributed by atoms with Gasteiger partial charge in [-0.2, -0.15) is 0 Å². The Hall–Kier alpha value is -2.86. The van der Waals surface area contributed by atoms with E-state index in [0.29, 0.717) is 24.3 Å². The first-order chi connectivity index (χ1) is 12.9. The molecule has 0 aromatic heterocycles. The number of rotatable bonds is 3. The topological polar surface area (TPSA) is 78.7 Å². The summed E-state index contributed by atoms with van der Waals surface area (Å²) in [6, 6.07) is 15.1. The van der Waals surface area contributed by atoms with Crippen LogP contribution in [-0.4, -0.2) is 55.0 Å². The Balaban J connectivity index is 1.84. The fourth-order valence-corrected chi connectivity index (χ4v) is 3.39. The van der Waals surface area contributed by atoms with Gasteiger partial charge in [0.25, 0.3) is 5.91 Å². The number of nitrogens with zero attached hydrogens (tertiary/aromatic N) is 2. The Morgan fingerprint density at radius 1 is 1.11 bits per heavy atom. The second-order valence-electron chi connectivity index (χ2n) is 7.26. The van der Waals surface area contributed by atoms with Gasteiger partial charge in [0, 0.05) is 39.1 Å². The average molecular weight is 366 g/mol. The predicted molar refractivity (Wildman–Crippen MR) is 107 cm³/mol. The number of carbonyl (C=O) groups excluding carboxylic acids is 2. The molecule has 0 unspecified atom stereocenters. The van der Waals surface area contributed by atoms with Gasteiger partial charge >= 0.3 is 6.03 Å². The molecule has 1 aliphatic heterocycles. The molecule has 3 amide bonds. The molecular formula is C21H26N4O2. The highest BCUT2D eigenvalue weighted by atomic mass is 16.2. The SMILES string of the molecule is Cc1ccc(NC(=O)N(C)C)c(C(=O)N2C[C@@H](N)[C@H](c3ccccc3)C2)c1. The molecule has 1 saturated heterocycles. The Kier molecular flexibility index (Phi) is 5.46. The summed E-state index contributed by atoms with van der Waals surface area (Å²) in [5, 5.41) is 2.80. The minimum Gasteiger partial charge on any atom is -0.336 e. The Bertz CT molecular complexity index is 835. The molecule has 0 radical (unpaired) electrons. The van der Waals surface area contributed by atoms with E-state index in [1.807, 2.05) is 49.4 Å². The van der Waals surface area contributed by atoms with Gasteiger partial charge in [-0.05, 0) is 24.6 Å². The van der Waals surface area contributed by atoms with Gasteiger partial charge in [0.05, 0.1) is 11.3 Å². The largest absolute Gasteiger partial charge is 0.336 e. The third-order valence-electron chi connectivity index (χ3n) is 4.93. The van der Waals surface area contributed by atoms with Crippen molar-refractivity contribution < 1.29 is 9.59 Å². The molecule has 1 heterocycles. The molecule has 1 fully saturated rings. The van der Waals surface area contributed by atoms with E-state index in [1.165, 1.54) is 4.90 Å². The minimum atomic E-state index is -0.270. The van der Waals surface area contributed by atoms with Crippen LogP contribution in [0, 0.1) is 6.92 Å². The molecular weight excluding hydrogens is 340 g/mol. The number of nitrogens with one attached hydrogen (secondary N) is 1. The molecule has 0 saturated carbocycles. The summed E-state index contributed by atoms with van der Waals surface area (Å²) >= 11 is 0. The first-order valence-corrected chi connectivity index (χ1v) is 9.05. The number of hydrogen-bond acceptors (Lipinski definition) is 3. The summed E-state index contributed by atoms with van der Waals surface area (Å²) in [5.41, 5.74) is 9.45. The Labute approximate surface area is 159 Å². The van der Waals surface area contributed by atoms with Gasteiger partial charge in [0.15, 0.2) is 0 Å². The van der Waals surface area contributed by atoms with Gasteiger partial charge in [-0.1, -0.05) is 42.0 Å². The van der Waals surface area contributed by atoms with Crippen molar-refractivity contribution in [2.45, 2.75) is 18.9 Å². The summed E-state index contributed by atoms with van der Waals surface area (Å²) in [5.74, 6) is 0.00131. The number of anilines is 1. The van der Waals surface area contributed by atoms with Crippen LogP contribution in [0.15, 0.2) is 48.5 Å². The lowest BCUT2D eigenvalue weighted by atomic mass is 9.95. The molecule has 3 rings (SSSR count). The third kappa shape index (κ3) is 4.11. The molecule has 0 bridgehead atoms. The number of nitrogens with two attached hydrogens (primary N) is 1. The predicted octanol–water partition coefficient (Wildman–Crippen LogP) is 2.66. The number of hydrogen-bond donors (Lipinski definition) is 2. The number of likely N-dealkylation sites (tertiary alicyclic amines) is 1. The summed E-state index contributed by atoms with van der Waals surface area (Å²) < 4.78 is 0. The van der Waals surface area contributed by atoms with Crippen molar-refractivity contribution in [3.05, 3.63) is 65.2 Å². The number of carbonyl (C=O) groups is 2. The zero-order chi connectivity index (χ0) is 19.6. The summed E-state index contributed by atoms with van der Waals surface area (Å²) in [6.45, 7) is 2.99. The van der Waals surface area contributed by atoms with Crippen molar-refractivity contribution in [3.63, 3.8) is 0 Å². The number of urea groups is 1. The van der Waals surface area contributed by atoms with Crippen LogP contribution in [0.1, 0.15) is 27.4 Å². The van der Waals surface area contributed by atoms with Gasteiger partial charge in [-0.25, -0.2) is 4.79 Å². The van der Waals surface area contributed by atoms with Gasteiger partial charge in [-0.3, -0.25) is 4.79 Å². The van der Waals surface area contributed by atoms with Crippen LogP contribution in [0.3, 0.4) is 0 Å². The molecule has 2 aromatic rings. The second-order valence-corrected chi connectivity index (χ2v) is 7.26. The minimum absolute atomic E-state index is 0.110. The molecule has 1 aliphatic rings. The molecule has 0 aliphatic carbocycles. The van der Waals surface area contributed by atoms with Crippen LogP contribution >= 0.6 is 0 Å². The monoisotopic (exact) mass is 366 g/mol. The van der Waals surface area contributed by atoms with Crippen LogP contribution in [0.2, 0.25) is 0 Å². The maximum absolute atomic E-state index is 13.2. The first-order valence-electron chi connectivity index (χ1n) is 9.05. The molecule has 142 valence electrons. The van der Waals surface area contributed by atoms with E-state index in [2.05, 4.69) is 5.32 Å². The highest BCUT2D eigenvalue weighted by molar-refractivity contribution is 6.03. The van der Waals surface area contributed by atoms with Crippen molar-refractivity contribution in [1.29, 1.82) is 0 Å².